The lowest BCUT2D eigenvalue weighted by Crippen LogP contribution is -2.53. The average molecular weight is 464 g/mol. The Morgan fingerprint density at radius 1 is 1.19 bits per heavy atom. The highest BCUT2D eigenvalue weighted by Crippen LogP contribution is 2.28. The van der Waals surface area contributed by atoms with Crippen LogP contribution in [-0.2, 0) is 9.59 Å². The van der Waals surface area contributed by atoms with Gasteiger partial charge in [-0.15, -0.1) is 0 Å². The molecular formula is C22H23ClFN3O5. The van der Waals surface area contributed by atoms with Crippen molar-refractivity contribution in [1.82, 2.24) is 15.6 Å². The normalized spacial score (nSPS) is 17.0. The molecule has 2 amide bonds. The van der Waals surface area contributed by atoms with E-state index in [0.29, 0.717) is 23.7 Å². The van der Waals surface area contributed by atoms with Crippen molar-refractivity contribution < 1.29 is 28.2 Å². The summed E-state index contributed by atoms with van der Waals surface area (Å²) in [5, 5.41) is 5.52. The van der Waals surface area contributed by atoms with Crippen LogP contribution in [0.3, 0.4) is 0 Å². The highest BCUT2D eigenvalue weighted by Gasteiger charge is 2.34. The predicted molar refractivity (Wildman–Crippen MR) is 115 cm³/mol. The second-order valence-corrected chi connectivity index (χ2v) is 7.92. The molecule has 1 atom stereocenters. The molecule has 10 heteroatoms. The summed E-state index contributed by atoms with van der Waals surface area (Å²) in [7, 11) is 1.53. The number of rotatable bonds is 9. The zero-order chi connectivity index (χ0) is 23.3. The van der Waals surface area contributed by atoms with E-state index < -0.39 is 11.4 Å². The summed E-state index contributed by atoms with van der Waals surface area (Å²) in [5.41, 5.74) is 0.849. The standard InChI is InChI=1S/C22H23ClFN3O5/c1-13-6-16(10-25-21(13)30-3)32-11-19(28)26-14-8-22(2,9-14)27-20(29)12-31-15-4-5-17(23)18(24)7-15/h4-8,10H,9,11-12H2,1-3H3,(H,26,28)(H,27,29). The molecular weight excluding hydrogens is 441 g/mol. The zero-order valence-electron chi connectivity index (χ0n) is 17.8. The molecule has 0 spiro atoms. The van der Waals surface area contributed by atoms with Gasteiger partial charge in [0.05, 0.1) is 23.9 Å². The molecule has 0 saturated heterocycles. The van der Waals surface area contributed by atoms with Crippen LogP contribution in [0.2, 0.25) is 5.02 Å². The Morgan fingerprint density at radius 3 is 2.53 bits per heavy atom. The highest BCUT2D eigenvalue weighted by molar-refractivity contribution is 6.30. The third-order valence-corrected chi connectivity index (χ3v) is 4.91. The first-order valence-corrected chi connectivity index (χ1v) is 10.1. The van der Waals surface area contributed by atoms with Gasteiger partial charge < -0.3 is 24.8 Å². The van der Waals surface area contributed by atoms with Crippen molar-refractivity contribution in [1.29, 1.82) is 0 Å². The number of halogens is 2. The SMILES string of the molecule is COc1ncc(OCC(=O)NC2=CC(C)(NC(=O)COc3ccc(Cl)c(F)c3)C2)cc1C. The Kier molecular flexibility index (Phi) is 7.19. The number of aromatic nitrogens is 1. The number of amides is 2. The number of nitrogens with zero attached hydrogens (tertiary/aromatic N) is 1. The summed E-state index contributed by atoms with van der Waals surface area (Å²) in [6.45, 7) is 3.17. The summed E-state index contributed by atoms with van der Waals surface area (Å²) in [6.07, 6.45) is 3.65. The van der Waals surface area contributed by atoms with Gasteiger partial charge in [-0.3, -0.25) is 9.59 Å². The van der Waals surface area contributed by atoms with Gasteiger partial charge in [0.2, 0.25) is 5.88 Å². The van der Waals surface area contributed by atoms with Gasteiger partial charge in [-0.25, -0.2) is 9.37 Å². The van der Waals surface area contributed by atoms with E-state index in [-0.39, 0.29) is 35.8 Å². The van der Waals surface area contributed by atoms with Gasteiger partial charge in [-0.2, -0.15) is 0 Å². The Hall–Kier alpha value is -3.33. The number of methoxy groups -OCH3 is 1. The molecule has 32 heavy (non-hydrogen) atoms. The fraction of sp³-hybridized carbons (Fsp3) is 0.318. The molecule has 2 aromatic rings. The number of hydrogen-bond acceptors (Lipinski definition) is 6. The minimum absolute atomic E-state index is 0.0234. The minimum atomic E-state index is -0.624. The summed E-state index contributed by atoms with van der Waals surface area (Å²) < 4.78 is 29.2. The Balaban J connectivity index is 1.41. The fourth-order valence-electron chi connectivity index (χ4n) is 3.17. The molecule has 2 N–H and O–H groups in total. The lowest BCUT2D eigenvalue weighted by atomic mass is 9.84. The predicted octanol–water partition coefficient (Wildman–Crippen LogP) is 2.93. The number of aryl methyl sites for hydroxylation is 1. The van der Waals surface area contributed by atoms with Crippen molar-refractivity contribution in [3.8, 4) is 17.4 Å². The molecule has 0 aliphatic heterocycles. The van der Waals surface area contributed by atoms with Crippen LogP contribution in [0.4, 0.5) is 4.39 Å². The number of hydrogen-bond donors (Lipinski definition) is 2. The van der Waals surface area contributed by atoms with E-state index in [4.69, 9.17) is 25.8 Å². The summed E-state index contributed by atoms with van der Waals surface area (Å²) in [6, 6.07) is 5.67. The Morgan fingerprint density at radius 2 is 1.88 bits per heavy atom. The van der Waals surface area contributed by atoms with Gasteiger partial charge in [-0.05, 0) is 38.1 Å². The van der Waals surface area contributed by atoms with E-state index in [1.807, 2.05) is 13.8 Å². The van der Waals surface area contributed by atoms with Crippen molar-refractivity contribution in [2.24, 2.45) is 0 Å². The molecule has 1 unspecified atom stereocenters. The first-order chi connectivity index (χ1) is 15.2. The van der Waals surface area contributed by atoms with Gasteiger partial charge in [0.25, 0.3) is 11.8 Å². The van der Waals surface area contributed by atoms with Crippen molar-refractivity contribution in [3.05, 3.63) is 58.6 Å². The van der Waals surface area contributed by atoms with Crippen LogP contribution in [0.15, 0.2) is 42.2 Å². The number of benzene rings is 1. The van der Waals surface area contributed by atoms with Crippen molar-refractivity contribution in [2.75, 3.05) is 20.3 Å². The van der Waals surface area contributed by atoms with Crippen molar-refractivity contribution in [3.63, 3.8) is 0 Å². The van der Waals surface area contributed by atoms with Gasteiger partial charge in [0, 0.05) is 23.7 Å². The second kappa shape index (κ2) is 9.86. The first-order valence-electron chi connectivity index (χ1n) is 9.71. The van der Waals surface area contributed by atoms with Crippen LogP contribution in [0.25, 0.3) is 0 Å². The lowest BCUT2D eigenvalue weighted by molar-refractivity contribution is -0.124. The van der Waals surface area contributed by atoms with E-state index in [1.54, 1.807) is 12.1 Å². The monoisotopic (exact) mass is 463 g/mol. The van der Waals surface area contributed by atoms with Gasteiger partial charge in [0.1, 0.15) is 17.3 Å². The van der Waals surface area contributed by atoms with E-state index in [0.717, 1.165) is 11.6 Å². The molecule has 8 nitrogen and oxygen atoms in total. The maximum absolute atomic E-state index is 13.4. The van der Waals surface area contributed by atoms with Crippen LogP contribution >= 0.6 is 11.6 Å². The number of ether oxygens (including phenoxy) is 3. The molecule has 1 aliphatic carbocycles. The van der Waals surface area contributed by atoms with Crippen LogP contribution < -0.4 is 24.8 Å². The third kappa shape index (κ3) is 6.10. The third-order valence-electron chi connectivity index (χ3n) is 4.60. The van der Waals surface area contributed by atoms with Crippen LogP contribution in [-0.4, -0.2) is 42.7 Å². The van der Waals surface area contributed by atoms with Crippen LogP contribution in [0.1, 0.15) is 18.9 Å². The van der Waals surface area contributed by atoms with E-state index in [1.165, 1.54) is 25.4 Å². The zero-order valence-corrected chi connectivity index (χ0v) is 18.6. The largest absolute Gasteiger partial charge is 0.484 e. The van der Waals surface area contributed by atoms with E-state index in [9.17, 15) is 14.0 Å². The topological polar surface area (TPSA) is 98.8 Å². The number of carbonyl (C=O) groups is 2. The molecule has 1 aromatic carbocycles. The maximum atomic E-state index is 13.4. The molecule has 0 bridgehead atoms. The molecule has 1 heterocycles. The van der Waals surface area contributed by atoms with E-state index >= 15 is 0 Å². The number of pyridine rings is 1. The molecule has 0 saturated carbocycles. The molecule has 170 valence electrons. The lowest BCUT2D eigenvalue weighted by Gasteiger charge is -2.37. The smallest absolute Gasteiger partial charge is 0.262 e. The van der Waals surface area contributed by atoms with Crippen LogP contribution in [0.5, 0.6) is 17.4 Å². The molecule has 1 aliphatic rings. The minimum Gasteiger partial charge on any atom is -0.484 e. The van der Waals surface area contributed by atoms with Gasteiger partial charge in [0.15, 0.2) is 13.2 Å². The molecule has 0 fully saturated rings. The quantitative estimate of drug-likeness (QED) is 0.593. The van der Waals surface area contributed by atoms with Crippen LogP contribution in [0, 0.1) is 12.7 Å². The maximum Gasteiger partial charge on any atom is 0.262 e. The number of carbonyl (C=O) groups excluding carboxylic acids is 2. The summed E-state index contributed by atoms with van der Waals surface area (Å²) in [4.78, 5) is 28.3. The molecule has 3 rings (SSSR count). The molecule has 1 aromatic heterocycles. The average Bonchev–Trinajstić information content (AvgIpc) is 2.72. The summed E-state index contributed by atoms with van der Waals surface area (Å²) >= 11 is 5.61. The fourth-order valence-corrected chi connectivity index (χ4v) is 3.29. The van der Waals surface area contributed by atoms with Crippen molar-refractivity contribution >= 4 is 23.4 Å². The molecule has 0 radical (unpaired) electrons. The summed E-state index contributed by atoms with van der Waals surface area (Å²) in [5.74, 6) is -0.179. The van der Waals surface area contributed by atoms with E-state index in [2.05, 4.69) is 15.6 Å². The van der Waals surface area contributed by atoms with Gasteiger partial charge in [-0.1, -0.05) is 11.6 Å². The Bertz CT molecular complexity index is 1060. The van der Waals surface area contributed by atoms with Gasteiger partial charge >= 0.3 is 0 Å². The second-order valence-electron chi connectivity index (χ2n) is 7.51. The van der Waals surface area contributed by atoms with Crippen molar-refractivity contribution in [2.45, 2.75) is 25.8 Å². The highest BCUT2D eigenvalue weighted by atomic mass is 35.5. The first kappa shape index (κ1) is 23.3. The Labute approximate surface area is 189 Å². The number of nitrogens with one attached hydrogen (secondary N) is 2.